The molecule has 2 N–H and O–H groups in total. The summed E-state index contributed by atoms with van der Waals surface area (Å²) in [5.74, 6) is 0.975. The first-order valence-corrected chi connectivity index (χ1v) is 6.60. The highest BCUT2D eigenvalue weighted by Crippen LogP contribution is 2.25. The van der Waals surface area contributed by atoms with E-state index in [-0.39, 0.29) is 6.04 Å². The van der Waals surface area contributed by atoms with E-state index >= 15 is 0 Å². The molecule has 3 nitrogen and oxygen atoms in total. The van der Waals surface area contributed by atoms with Gasteiger partial charge in [-0.25, -0.2) is 0 Å². The van der Waals surface area contributed by atoms with Gasteiger partial charge in [0.05, 0.1) is 6.61 Å². The van der Waals surface area contributed by atoms with Crippen LogP contribution in [0, 0.1) is 13.8 Å². The van der Waals surface area contributed by atoms with Gasteiger partial charge in [-0.1, -0.05) is 12.1 Å². The topological polar surface area (TPSA) is 44.5 Å². The van der Waals surface area contributed by atoms with Gasteiger partial charge in [0.2, 0.25) is 0 Å². The van der Waals surface area contributed by atoms with Crippen LogP contribution in [0.1, 0.15) is 30.5 Å². The maximum Gasteiger partial charge on any atom is 0.125 e. The van der Waals surface area contributed by atoms with Gasteiger partial charge >= 0.3 is 0 Å². The number of aryl methyl sites for hydroxylation is 2. The third kappa shape index (κ3) is 4.67. The van der Waals surface area contributed by atoms with Crippen molar-refractivity contribution in [2.75, 3.05) is 19.8 Å². The van der Waals surface area contributed by atoms with Crippen molar-refractivity contribution in [1.82, 2.24) is 0 Å². The number of benzene rings is 1. The highest BCUT2D eigenvalue weighted by atomic mass is 16.5. The molecule has 1 atom stereocenters. The summed E-state index contributed by atoms with van der Waals surface area (Å²) in [6.45, 7) is 10.1. The van der Waals surface area contributed by atoms with Gasteiger partial charge in [0.1, 0.15) is 12.4 Å². The van der Waals surface area contributed by atoms with Crippen molar-refractivity contribution in [2.24, 2.45) is 5.73 Å². The molecule has 0 radical (unpaired) electrons. The summed E-state index contributed by atoms with van der Waals surface area (Å²) in [7, 11) is 0. The molecule has 0 aliphatic carbocycles. The summed E-state index contributed by atoms with van der Waals surface area (Å²) in [6, 6.07) is 4.51. The van der Waals surface area contributed by atoms with Crippen LogP contribution in [0.3, 0.4) is 0 Å². The largest absolute Gasteiger partial charge is 0.491 e. The Kier molecular flexibility index (Phi) is 6.16. The quantitative estimate of drug-likeness (QED) is 0.758. The van der Waals surface area contributed by atoms with Gasteiger partial charge < -0.3 is 15.2 Å². The second-order valence-corrected chi connectivity index (χ2v) is 4.79. The number of ether oxygens (including phenoxy) is 2. The van der Waals surface area contributed by atoms with Gasteiger partial charge in [0.15, 0.2) is 0 Å². The summed E-state index contributed by atoms with van der Waals surface area (Å²) in [5, 5.41) is 0. The lowest BCUT2D eigenvalue weighted by atomic mass is 10.0. The van der Waals surface area contributed by atoms with E-state index in [0.29, 0.717) is 13.2 Å². The summed E-state index contributed by atoms with van der Waals surface area (Å²) in [4.78, 5) is 0. The van der Waals surface area contributed by atoms with E-state index < -0.39 is 0 Å². The number of hydrogen-bond donors (Lipinski definition) is 1. The molecule has 0 amide bonds. The van der Waals surface area contributed by atoms with Crippen LogP contribution < -0.4 is 10.5 Å². The van der Waals surface area contributed by atoms with Crippen molar-refractivity contribution in [3.8, 4) is 5.75 Å². The zero-order valence-corrected chi connectivity index (χ0v) is 12.0. The third-order valence-corrected chi connectivity index (χ3v) is 2.76. The fourth-order valence-electron chi connectivity index (χ4n) is 2.10. The lowest BCUT2D eigenvalue weighted by Crippen LogP contribution is -2.18. The Balaban J connectivity index is 2.68. The van der Waals surface area contributed by atoms with Crippen molar-refractivity contribution in [3.05, 3.63) is 28.8 Å². The van der Waals surface area contributed by atoms with Crippen LogP contribution in [-0.2, 0) is 11.2 Å². The molecule has 1 unspecified atom stereocenters. The highest BCUT2D eigenvalue weighted by molar-refractivity contribution is 5.43. The maximum absolute atomic E-state index is 5.83. The molecule has 0 bridgehead atoms. The standard InChI is InChI=1S/C15H25NO2/c1-5-17-6-7-18-15-11(2)8-14(9-12(15)3)10-13(4)16/h8-9,13H,5-7,10,16H2,1-4H3. The summed E-state index contributed by atoms with van der Waals surface area (Å²) < 4.78 is 11.0. The molecule has 0 aliphatic heterocycles. The van der Waals surface area contributed by atoms with Crippen molar-refractivity contribution in [1.29, 1.82) is 0 Å². The van der Waals surface area contributed by atoms with Crippen LogP contribution in [0.5, 0.6) is 5.75 Å². The Morgan fingerprint density at radius 2 is 1.78 bits per heavy atom. The Morgan fingerprint density at radius 3 is 2.28 bits per heavy atom. The van der Waals surface area contributed by atoms with Gasteiger partial charge in [-0.3, -0.25) is 0 Å². The number of hydrogen-bond acceptors (Lipinski definition) is 3. The molecular weight excluding hydrogens is 226 g/mol. The summed E-state index contributed by atoms with van der Waals surface area (Å²) >= 11 is 0. The molecule has 0 saturated carbocycles. The van der Waals surface area contributed by atoms with Crippen LogP contribution in [-0.4, -0.2) is 25.9 Å². The predicted molar refractivity (Wildman–Crippen MR) is 75.3 cm³/mol. The first-order valence-electron chi connectivity index (χ1n) is 6.60. The number of rotatable bonds is 7. The van der Waals surface area contributed by atoms with Crippen LogP contribution in [0.15, 0.2) is 12.1 Å². The van der Waals surface area contributed by atoms with E-state index in [1.807, 2.05) is 13.8 Å². The molecule has 102 valence electrons. The molecule has 3 heteroatoms. The Morgan fingerprint density at radius 1 is 1.17 bits per heavy atom. The maximum atomic E-state index is 5.83. The highest BCUT2D eigenvalue weighted by Gasteiger charge is 2.07. The minimum Gasteiger partial charge on any atom is -0.491 e. The predicted octanol–water partition coefficient (Wildman–Crippen LogP) is 2.61. The van der Waals surface area contributed by atoms with E-state index in [1.165, 1.54) is 16.7 Å². The van der Waals surface area contributed by atoms with Crippen molar-refractivity contribution in [3.63, 3.8) is 0 Å². The van der Waals surface area contributed by atoms with Gasteiger partial charge in [0, 0.05) is 12.6 Å². The molecule has 0 spiro atoms. The smallest absolute Gasteiger partial charge is 0.125 e. The molecule has 18 heavy (non-hydrogen) atoms. The lowest BCUT2D eigenvalue weighted by Gasteiger charge is -2.15. The van der Waals surface area contributed by atoms with E-state index in [2.05, 4.69) is 26.0 Å². The Bertz CT molecular complexity index is 352. The monoisotopic (exact) mass is 251 g/mol. The first-order chi connectivity index (χ1) is 8.54. The first kappa shape index (κ1) is 15.0. The van der Waals surface area contributed by atoms with Gasteiger partial charge in [-0.2, -0.15) is 0 Å². The van der Waals surface area contributed by atoms with Gasteiger partial charge in [0.25, 0.3) is 0 Å². The molecule has 1 aromatic rings. The average molecular weight is 251 g/mol. The van der Waals surface area contributed by atoms with Crippen LogP contribution >= 0.6 is 0 Å². The molecule has 0 fully saturated rings. The van der Waals surface area contributed by atoms with Crippen LogP contribution in [0.2, 0.25) is 0 Å². The van der Waals surface area contributed by atoms with Crippen molar-refractivity contribution >= 4 is 0 Å². The Hall–Kier alpha value is -1.06. The minimum absolute atomic E-state index is 0.188. The van der Waals surface area contributed by atoms with E-state index in [0.717, 1.165) is 18.8 Å². The lowest BCUT2D eigenvalue weighted by molar-refractivity contribution is 0.109. The van der Waals surface area contributed by atoms with Crippen LogP contribution in [0.25, 0.3) is 0 Å². The normalized spacial score (nSPS) is 12.5. The third-order valence-electron chi connectivity index (χ3n) is 2.76. The van der Waals surface area contributed by atoms with Crippen molar-refractivity contribution < 1.29 is 9.47 Å². The zero-order valence-electron chi connectivity index (χ0n) is 12.0. The van der Waals surface area contributed by atoms with Gasteiger partial charge in [-0.05, 0) is 50.8 Å². The van der Waals surface area contributed by atoms with Crippen LogP contribution in [0.4, 0.5) is 0 Å². The van der Waals surface area contributed by atoms with E-state index in [4.69, 9.17) is 15.2 Å². The molecule has 1 rings (SSSR count). The summed E-state index contributed by atoms with van der Waals surface area (Å²) in [5.41, 5.74) is 9.44. The minimum atomic E-state index is 0.188. The fourth-order valence-corrected chi connectivity index (χ4v) is 2.10. The van der Waals surface area contributed by atoms with E-state index in [1.54, 1.807) is 0 Å². The molecular formula is C15H25NO2. The van der Waals surface area contributed by atoms with Gasteiger partial charge in [-0.15, -0.1) is 0 Å². The molecule has 0 aromatic heterocycles. The molecule has 0 aliphatic rings. The average Bonchev–Trinajstić information content (AvgIpc) is 2.26. The Labute approximate surface area is 110 Å². The fraction of sp³-hybridized carbons (Fsp3) is 0.600. The van der Waals surface area contributed by atoms with Crippen molar-refractivity contribution in [2.45, 2.75) is 40.2 Å². The summed E-state index contributed by atoms with van der Waals surface area (Å²) in [6.07, 6.45) is 0.904. The second-order valence-electron chi connectivity index (χ2n) is 4.79. The zero-order chi connectivity index (χ0) is 13.5. The van der Waals surface area contributed by atoms with E-state index in [9.17, 15) is 0 Å². The molecule has 1 aromatic carbocycles. The molecule has 0 heterocycles. The second kappa shape index (κ2) is 7.39. The number of nitrogens with two attached hydrogens (primary N) is 1. The SMILES string of the molecule is CCOCCOc1c(C)cc(CC(C)N)cc1C. The molecule has 0 saturated heterocycles.